The van der Waals surface area contributed by atoms with Crippen molar-refractivity contribution in [1.82, 2.24) is 0 Å². The molecule has 1 heterocycles. The zero-order valence-electron chi connectivity index (χ0n) is 11.5. The minimum absolute atomic E-state index is 0.532. The smallest absolute Gasteiger partial charge is 0.119 e. The second kappa shape index (κ2) is 6.29. The summed E-state index contributed by atoms with van der Waals surface area (Å²) in [6.07, 6.45) is 2.42. The molecule has 1 N–H and O–H groups in total. The van der Waals surface area contributed by atoms with Crippen molar-refractivity contribution >= 4 is 0 Å². The standard InChI is InChI=1S/C18H16O3/c19-18(16-10-11-20-13-16)15-6-8-17(9-7-15)21-12-14-4-2-1-3-5-14/h1-11,13,18-19H,12H2. The van der Waals surface area contributed by atoms with Crippen molar-refractivity contribution in [2.75, 3.05) is 0 Å². The van der Waals surface area contributed by atoms with Crippen LogP contribution in [0.15, 0.2) is 77.6 Å². The van der Waals surface area contributed by atoms with Gasteiger partial charge < -0.3 is 14.3 Å². The lowest BCUT2D eigenvalue weighted by molar-refractivity contribution is 0.219. The zero-order valence-corrected chi connectivity index (χ0v) is 11.5. The summed E-state index contributed by atoms with van der Waals surface area (Å²) < 4.78 is 10.7. The second-order valence-electron chi connectivity index (χ2n) is 4.80. The van der Waals surface area contributed by atoms with Gasteiger partial charge in [-0.25, -0.2) is 0 Å². The van der Waals surface area contributed by atoms with Gasteiger partial charge in [-0.05, 0) is 29.3 Å². The monoisotopic (exact) mass is 280 g/mol. The first kappa shape index (κ1) is 13.5. The average molecular weight is 280 g/mol. The highest BCUT2D eigenvalue weighted by molar-refractivity contribution is 5.33. The van der Waals surface area contributed by atoms with Crippen molar-refractivity contribution in [3.05, 3.63) is 89.9 Å². The van der Waals surface area contributed by atoms with E-state index in [2.05, 4.69) is 0 Å². The summed E-state index contributed by atoms with van der Waals surface area (Å²) in [5.41, 5.74) is 2.68. The molecule has 0 saturated heterocycles. The number of hydrogen-bond acceptors (Lipinski definition) is 3. The third-order valence-electron chi connectivity index (χ3n) is 3.30. The molecule has 0 amide bonds. The van der Waals surface area contributed by atoms with E-state index in [0.29, 0.717) is 6.61 Å². The molecule has 0 radical (unpaired) electrons. The van der Waals surface area contributed by atoms with Gasteiger partial charge in [0, 0.05) is 5.56 Å². The van der Waals surface area contributed by atoms with Crippen LogP contribution in [0.3, 0.4) is 0 Å². The number of hydrogen-bond donors (Lipinski definition) is 1. The molecule has 1 aromatic heterocycles. The molecular weight excluding hydrogens is 264 g/mol. The molecule has 2 aromatic carbocycles. The highest BCUT2D eigenvalue weighted by Crippen LogP contribution is 2.24. The molecule has 1 unspecified atom stereocenters. The fourth-order valence-electron chi connectivity index (χ4n) is 2.11. The average Bonchev–Trinajstić information content (AvgIpc) is 3.08. The molecule has 106 valence electrons. The number of furan rings is 1. The van der Waals surface area contributed by atoms with E-state index in [1.165, 1.54) is 0 Å². The van der Waals surface area contributed by atoms with Crippen molar-refractivity contribution < 1.29 is 14.3 Å². The van der Waals surface area contributed by atoms with Gasteiger partial charge >= 0.3 is 0 Å². The molecule has 21 heavy (non-hydrogen) atoms. The Labute approximate surface area is 123 Å². The van der Waals surface area contributed by atoms with E-state index < -0.39 is 6.10 Å². The van der Waals surface area contributed by atoms with E-state index in [1.54, 1.807) is 18.6 Å². The Morgan fingerprint density at radius 3 is 2.33 bits per heavy atom. The summed E-state index contributed by atoms with van der Waals surface area (Å²) in [5, 5.41) is 10.2. The summed E-state index contributed by atoms with van der Waals surface area (Å²) in [5.74, 6) is 0.780. The zero-order chi connectivity index (χ0) is 14.5. The molecule has 0 aliphatic heterocycles. The van der Waals surface area contributed by atoms with Gasteiger partial charge in [0.05, 0.1) is 12.5 Å². The van der Waals surface area contributed by atoms with Crippen LogP contribution >= 0.6 is 0 Å². The van der Waals surface area contributed by atoms with Gasteiger partial charge in [0.15, 0.2) is 0 Å². The quantitative estimate of drug-likeness (QED) is 0.769. The van der Waals surface area contributed by atoms with E-state index >= 15 is 0 Å². The van der Waals surface area contributed by atoms with Gasteiger partial charge in [-0.2, -0.15) is 0 Å². The number of aliphatic hydroxyl groups is 1. The first-order chi connectivity index (χ1) is 10.3. The molecule has 0 spiro atoms. The molecule has 0 saturated carbocycles. The third kappa shape index (κ3) is 3.33. The summed E-state index contributed by atoms with van der Waals surface area (Å²) in [6.45, 7) is 0.532. The Kier molecular flexibility index (Phi) is 4.03. The molecule has 3 nitrogen and oxygen atoms in total. The highest BCUT2D eigenvalue weighted by atomic mass is 16.5. The van der Waals surface area contributed by atoms with Crippen molar-refractivity contribution in [2.24, 2.45) is 0 Å². The maximum atomic E-state index is 10.2. The SMILES string of the molecule is OC(c1ccc(OCc2ccccc2)cc1)c1ccoc1. The number of rotatable bonds is 5. The van der Waals surface area contributed by atoms with Gasteiger partial charge in [0.1, 0.15) is 18.5 Å². The van der Waals surface area contributed by atoms with Crippen LogP contribution in [-0.4, -0.2) is 5.11 Å². The highest BCUT2D eigenvalue weighted by Gasteiger charge is 2.11. The van der Waals surface area contributed by atoms with E-state index in [0.717, 1.165) is 22.4 Å². The lowest BCUT2D eigenvalue weighted by Gasteiger charge is -2.10. The van der Waals surface area contributed by atoms with Gasteiger partial charge in [-0.1, -0.05) is 42.5 Å². The van der Waals surface area contributed by atoms with Crippen molar-refractivity contribution in [1.29, 1.82) is 0 Å². The number of aliphatic hydroxyl groups excluding tert-OH is 1. The lowest BCUT2D eigenvalue weighted by atomic mass is 10.0. The third-order valence-corrected chi connectivity index (χ3v) is 3.30. The maximum Gasteiger partial charge on any atom is 0.119 e. The van der Waals surface area contributed by atoms with Gasteiger partial charge in [-0.3, -0.25) is 0 Å². The summed E-state index contributed by atoms with van der Waals surface area (Å²) in [6, 6.07) is 19.2. The second-order valence-corrected chi connectivity index (χ2v) is 4.80. The van der Waals surface area contributed by atoms with E-state index in [4.69, 9.17) is 9.15 Å². The van der Waals surface area contributed by atoms with Crippen LogP contribution in [0.4, 0.5) is 0 Å². The topological polar surface area (TPSA) is 42.6 Å². The molecular formula is C18H16O3. The summed E-state index contributed by atoms with van der Waals surface area (Å²) in [4.78, 5) is 0. The summed E-state index contributed by atoms with van der Waals surface area (Å²) >= 11 is 0. The Bertz CT molecular complexity index is 657. The minimum Gasteiger partial charge on any atom is -0.489 e. The maximum absolute atomic E-state index is 10.2. The van der Waals surface area contributed by atoms with Crippen molar-refractivity contribution in [3.8, 4) is 5.75 Å². The molecule has 0 aliphatic carbocycles. The largest absolute Gasteiger partial charge is 0.489 e. The Balaban J connectivity index is 1.64. The Morgan fingerprint density at radius 2 is 1.67 bits per heavy atom. The predicted molar refractivity (Wildman–Crippen MR) is 80.0 cm³/mol. The first-order valence-electron chi connectivity index (χ1n) is 6.80. The van der Waals surface area contributed by atoms with Crippen molar-refractivity contribution in [2.45, 2.75) is 12.7 Å². The number of ether oxygens (including phenoxy) is 1. The minimum atomic E-state index is -0.674. The molecule has 0 aliphatic rings. The molecule has 0 bridgehead atoms. The van der Waals surface area contributed by atoms with Crippen LogP contribution in [0.1, 0.15) is 22.8 Å². The fourth-order valence-corrected chi connectivity index (χ4v) is 2.11. The van der Waals surface area contributed by atoms with Crippen LogP contribution in [0, 0.1) is 0 Å². The van der Waals surface area contributed by atoms with Gasteiger partial charge in [0.2, 0.25) is 0 Å². The Hall–Kier alpha value is -2.52. The molecule has 1 atom stereocenters. The summed E-state index contributed by atoms with van der Waals surface area (Å²) in [7, 11) is 0. The van der Waals surface area contributed by atoms with Gasteiger partial charge in [0.25, 0.3) is 0 Å². The predicted octanol–water partition coefficient (Wildman–Crippen LogP) is 3.94. The lowest BCUT2D eigenvalue weighted by Crippen LogP contribution is -1.99. The van der Waals surface area contributed by atoms with Crippen LogP contribution in [0.25, 0.3) is 0 Å². The normalized spacial score (nSPS) is 12.0. The fraction of sp³-hybridized carbons (Fsp3) is 0.111. The molecule has 3 rings (SSSR count). The van der Waals surface area contributed by atoms with Gasteiger partial charge in [-0.15, -0.1) is 0 Å². The number of benzene rings is 2. The van der Waals surface area contributed by atoms with Crippen LogP contribution in [-0.2, 0) is 6.61 Å². The van der Waals surface area contributed by atoms with Crippen molar-refractivity contribution in [3.63, 3.8) is 0 Å². The molecule has 0 fully saturated rings. The Morgan fingerprint density at radius 1 is 0.905 bits per heavy atom. The van der Waals surface area contributed by atoms with Crippen LogP contribution in [0.5, 0.6) is 5.75 Å². The van der Waals surface area contributed by atoms with Crippen LogP contribution < -0.4 is 4.74 Å². The van der Waals surface area contributed by atoms with Crippen LogP contribution in [0.2, 0.25) is 0 Å². The molecule has 3 heteroatoms. The van der Waals surface area contributed by atoms with E-state index in [1.807, 2.05) is 54.6 Å². The molecule has 3 aromatic rings. The van der Waals surface area contributed by atoms with E-state index in [9.17, 15) is 5.11 Å². The van der Waals surface area contributed by atoms with E-state index in [-0.39, 0.29) is 0 Å². The first-order valence-corrected chi connectivity index (χ1v) is 6.80.